The minimum Gasteiger partial charge on any atom is -0.492 e. The molecule has 0 spiro atoms. The highest BCUT2D eigenvalue weighted by Crippen LogP contribution is 2.24. The average molecular weight is 227 g/mol. The maximum absolute atomic E-state index is 10.4. The van der Waals surface area contributed by atoms with E-state index in [2.05, 4.69) is 0 Å². The Bertz CT molecular complexity index is 324. The van der Waals surface area contributed by atoms with Crippen molar-refractivity contribution in [3.05, 3.63) is 28.8 Å². The summed E-state index contributed by atoms with van der Waals surface area (Å²) in [4.78, 5) is 10.4. The van der Waals surface area contributed by atoms with E-state index in [-0.39, 0.29) is 0 Å². The Morgan fingerprint density at radius 3 is 2.40 bits per heavy atom. The van der Waals surface area contributed by atoms with Gasteiger partial charge >= 0.3 is 0 Å². The summed E-state index contributed by atoms with van der Waals surface area (Å²) < 4.78 is 5.53. The Labute approximate surface area is 95.2 Å². The van der Waals surface area contributed by atoms with Crippen molar-refractivity contribution in [2.24, 2.45) is 0 Å². The third-order valence-corrected chi connectivity index (χ3v) is 2.32. The number of hydrogen-bond acceptors (Lipinski definition) is 2. The van der Waals surface area contributed by atoms with Crippen LogP contribution in [0.4, 0.5) is 0 Å². The molecular weight excluding hydrogens is 212 g/mol. The largest absolute Gasteiger partial charge is 0.492 e. The number of halogens is 1. The molecule has 15 heavy (non-hydrogen) atoms. The third kappa shape index (κ3) is 3.24. The second kappa shape index (κ2) is 5.76. The SMILES string of the molecule is Cc1cc(CC=O)cc(C)c1OCCCl. The van der Waals surface area contributed by atoms with Crippen molar-refractivity contribution < 1.29 is 9.53 Å². The van der Waals surface area contributed by atoms with Gasteiger partial charge < -0.3 is 9.53 Å². The standard InChI is InChI=1S/C12H15ClO2/c1-9-7-11(3-5-14)8-10(2)12(9)15-6-4-13/h5,7-8H,3-4,6H2,1-2H3. The van der Waals surface area contributed by atoms with Crippen molar-refractivity contribution >= 4 is 17.9 Å². The number of aryl methyl sites for hydroxylation is 2. The number of carbonyl (C=O) groups excluding carboxylic acids is 1. The maximum atomic E-state index is 10.4. The molecule has 0 bridgehead atoms. The number of hydrogen-bond donors (Lipinski definition) is 0. The topological polar surface area (TPSA) is 26.3 Å². The Morgan fingerprint density at radius 2 is 1.93 bits per heavy atom. The number of benzene rings is 1. The summed E-state index contributed by atoms with van der Waals surface area (Å²) in [5, 5.41) is 0. The highest BCUT2D eigenvalue weighted by Gasteiger charge is 2.05. The number of carbonyl (C=O) groups is 1. The van der Waals surface area contributed by atoms with E-state index in [1.165, 1.54) is 0 Å². The summed E-state index contributed by atoms with van der Waals surface area (Å²) in [6, 6.07) is 3.95. The van der Waals surface area contributed by atoms with E-state index >= 15 is 0 Å². The van der Waals surface area contributed by atoms with Gasteiger partial charge in [-0.2, -0.15) is 0 Å². The molecule has 2 nitrogen and oxygen atoms in total. The van der Waals surface area contributed by atoms with E-state index in [0.717, 1.165) is 28.7 Å². The van der Waals surface area contributed by atoms with Crippen LogP contribution in [0, 0.1) is 13.8 Å². The molecule has 0 amide bonds. The van der Waals surface area contributed by atoms with Crippen LogP contribution in [-0.4, -0.2) is 18.8 Å². The van der Waals surface area contributed by atoms with Gasteiger partial charge in [0.25, 0.3) is 0 Å². The fourth-order valence-electron chi connectivity index (χ4n) is 1.62. The molecule has 1 aromatic carbocycles. The van der Waals surface area contributed by atoms with Crippen LogP contribution in [0.2, 0.25) is 0 Å². The minimum atomic E-state index is 0.456. The van der Waals surface area contributed by atoms with Crippen molar-refractivity contribution in [3.63, 3.8) is 0 Å². The molecule has 1 rings (SSSR count). The number of aldehydes is 1. The average Bonchev–Trinajstić information content (AvgIpc) is 2.17. The van der Waals surface area contributed by atoms with Crippen LogP contribution in [0.1, 0.15) is 16.7 Å². The lowest BCUT2D eigenvalue weighted by Gasteiger charge is -2.12. The zero-order valence-electron chi connectivity index (χ0n) is 9.05. The highest BCUT2D eigenvalue weighted by atomic mass is 35.5. The molecule has 0 N–H and O–H groups in total. The first-order valence-electron chi connectivity index (χ1n) is 4.91. The summed E-state index contributed by atoms with van der Waals surface area (Å²) in [7, 11) is 0. The first kappa shape index (κ1) is 12.1. The van der Waals surface area contributed by atoms with E-state index in [1.807, 2.05) is 26.0 Å². The molecule has 0 fully saturated rings. The molecule has 0 aliphatic carbocycles. The van der Waals surface area contributed by atoms with Gasteiger partial charge in [0.1, 0.15) is 18.6 Å². The molecule has 0 aliphatic rings. The Kier molecular flexibility index (Phi) is 4.63. The van der Waals surface area contributed by atoms with Gasteiger partial charge in [-0.05, 0) is 30.5 Å². The van der Waals surface area contributed by atoms with E-state index in [1.54, 1.807) is 0 Å². The third-order valence-electron chi connectivity index (χ3n) is 2.16. The Morgan fingerprint density at radius 1 is 1.33 bits per heavy atom. The predicted molar refractivity (Wildman–Crippen MR) is 61.9 cm³/mol. The van der Waals surface area contributed by atoms with Gasteiger partial charge in [-0.15, -0.1) is 11.6 Å². The normalized spacial score (nSPS) is 10.1. The van der Waals surface area contributed by atoms with Crippen molar-refractivity contribution in [2.75, 3.05) is 12.5 Å². The van der Waals surface area contributed by atoms with Crippen LogP contribution in [0.5, 0.6) is 5.75 Å². The molecule has 1 aromatic rings. The zero-order chi connectivity index (χ0) is 11.3. The van der Waals surface area contributed by atoms with Gasteiger partial charge in [0.05, 0.1) is 5.88 Å². The molecule has 0 atom stereocenters. The van der Waals surface area contributed by atoms with Crippen LogP contribution in [0.3, 0.4) is 0 Å². The van der Waals surface area contributed by atoms with E-state index in [9.17, 15) is 4.79 Å². The zero-order valence-corrected chi connectivity index (χ0v) is 9.80. The monoisotopic (exact) mass is 226 g/mol. The van der Waals surface area contributed by atoms with Crippen LogP contribution >= 0.6 is 11.6 Å². The lowest BCUT2D eigenvalue weighted by molar-refractivity contribution is -0.107. The minimum absolute atomic E-state index is 0.456. The molecule has 82 valence electrons. The fraction of sp³-hybridized carbons (Fsp3) is 0.417. The molecule has 3 heteroatoms. The van der Waals surface area contributed by atoms with Gasteiger partial charge in [-0.3, -0.25) is 0 Å². The molecule has 0 aliphatic heterocycles. The molecule has 0 radical (unpaired) electrons. The first-order valence-corrected chi connectivity index (χ1v) is 5.45. The molecule has 0 saturated carbocycles. The summed E-state index contributed by atoms with van der Waals surface area (Å²) >= 11 is 5.57. The van der Waals surface area contributed by atoms with Crippen molar-refractivity contribution in [1.29, 1.82) is 0 Å². The molecule has 0 heterocycles. The quantitative estimate of drug-likeness (QED) is 0.570. The summed E-state index contributed by atoms with van der Waals surface area (Å²) in [6.45, 7) is 4.46. The van der Waals surface area contributed by atoms with Crippen LogP contribution in [0.25, 0.3) is 0 Å². The molecule has 0 saturated heterocycles. The first-order chi connectivity index (χ1) is 7.19. The van der Waals surface area contributed by atoms with E-state index in [4.69, 9.17) is 16.3 Å². The second-order valence-corrected chi connectivity index (χ2v) is 3.84. The second-order valence-electron chi connectivity index (χ2n) is 3.47. The lowest BCUT2D eigenvalue weighted by atomic mass is 10.0. The van der Waals surface area contributed by atoms with Crippen LogP contribution < -0.4 is 4.74 Å². The van der Waals surface area contributed by atoms with Gasteiger partial charge in [0.15, 0.2) is 0 Å². The summed E-state index contributed by atoms with van der Waals surface area (Å²) in [5.74, 6) is 1.36. The fourth-order valence-corrected chi connectivity index (χ4v) is 1.70. The lowest BCUT2D eigenvalue weighted by Crippen LogP contribution is -2.02. The molecule has 0 unspecified atom stereocenters. The number of rotatable bonds is 5. The van der Waals surface area contributed by atoms with Gasteiger partial charge in [0.2, 0.25) is 0 Å². The molecule has 0 aromatic heterocycles. The Hall–Kier alpha value is -1.02. The summed E-state index contributed by atoms with van der Waals surface area (Å²) in [5.41, 5.74) is 3.13. The maximum Gasteiger partial charge on any atom is 0.125 e. The van der Waals surface area contributed by atoms with Crippen LogP contribution in [-0.2, 0) is 11.2 Å². The van der Waals surface area contributed by atoms with Gasteiger partial charge in [-0.1, -0.05) is 12.1 Å². The smallest absolute Gasteiger partial charge is 0.125 e. The van der Waals surface area contributed by atoms with E-state index < -0.39 is 0 Å². The predicted octanol–water partition coefficient (Wildman–Crippen LogP) is 2.66. The van der Waals surface area contributed by atoms with Gasteiger partial charge in [-0.25, -0.2) is 0 Å². The number of ether oxygens (including phenoxy) is 1. The van der Waals surface area contributed by atoms with E-state index in [0.29, 0.717) is 18.9 Å². The van der Waals surface area contributed by atoms with Crippen molar-refractivity contribution in [2.45, 2.75) is 20.3 Å². The summed E-state index contributed by atoms with van der Waals surface area (Å²) in [6.07, 6.45) is 1.37. The van der Waals surface area contributed by atoms with Crippen LogP contribution in [0.15, 0.2) is 12.1 Å². The number of alkyl halides is 1. The molecular formula is C12H15ClO2. The van der Waals surface area contributed by atoms with Crippen molar-refractivity contribution in [3.8, 4) is 5.75 Å². The Balaban J connectivity index is 2.93. The highest BCUT2D eigenvalue weighted by molar-refractivity contribution is 6.18. The van der Waals surface area contributed by atoms with Gasteiger partial charge in [0, 0.05) is 6.42 Å². The van der Waals surface area contributed by atoms with Crippen molar-refractivity contribution in [1.82, 2.24) is 0 Å².